The lowest BCUT2D eigenvalue weighted by Crippen LogP contribution is -2.37. The molecule has 0 spiro atoms. The number of aromatic amines is 1. The van der Waals surface area contributed by atoms with Gasteiger partial charge in [0.25, 0.3) is 5.56 Å². The van der Waals surface area contributed by atoms with Crippen LogP contribution in [0, 0.1) is 6.92 Å². The number of hydrogen-bond acceptors (Lipinski definition) is 7. The second-order valence-corrected chi connectivity index (χ2v) is 10.5. The second kappa shape index (κ2) is 10.3. The fourth-order valence-corrected chi connectivity index (χ4v) is 4.69. The quantitative estimate of drug-likeness (QED) is 0.313. The first-order chi connectivity index (χ1) is 18.2. The Kier molecular flexibility index (Phi) is 6.86. The SMILES string of the molecule is COc1ccc(CN(Cc2ccco2)[C@@H](c2cc3cc(C)ccc3[nH]c2=O)c2nnnn2C(C)(C)C)cc1. The van der Waals surface area contributed by atoms with E-state index in [-0.39, 0.29) is 5.56 Å². The zero-order chi connectivity index (χ0) is 26.9. The monoisotopic (exact) mass is 512 g/mol. The molecule has 0 aliphatic heterocycles. The molecule has 1 atom stereocenters. The van der Waals surface area contributed by atoms with Gasteiger partial charge in [0.2, 0.25) is 0 Å². The molecule has 5 rings (SSSR count). The number of nitrogens with zero attached hydrogens (tertiary/aromatic N) is 5. The van der Waals surface area contributed by atoms with Crippen LogP contribution in [0.15, 0.2) is 76.1 Å². The number of pyridine rings is 1. The number of methoxy groups -OCH3 is 1. The van der Waals surface area contributed by atoms with Gasteiger partial charge in [-0.3, -0.25) is 9.69 Å². The number of nitrogens with one attached hydrogen (secondary N) is 1. The van der Waals surface area contributed by atoms with Crippen molar-refractivity contribution >= 4 is 10.9 Å². The van der Waals surface area contributed by atoms with E-state index >= 15 is 0 Å². The number of tetrazole rings is 1. The van der Waals surface area contributed by atoms with Crippen molar-refractivity contribution in [3.63, 3.8) is 0 Å². The molecule has 5 aromatic rings. The van der Waals surface area contributed by atoms with Crippen molar-refractivity contribution in [3.8, 4) is 5.75 Å². The number of ether oxygens (including phenoxy) is 1. The lowest BCUT2D eigenvalue weighted by atomic mass is 10.00. The van der Waals surface area contributed by atoms with E-state index in [4.69, 9.17) is 9.15 Å². The number of aromatic nitrogens is 5. The van der Waals surface area contributed by atoms with Gasteiger partial charge in [0.05, 0.1) is 25.5 Å². The summed E-state index contributed by atoms with van der Waals surface area (Å²) in [5.41, 5.74) is 2.90. The number of rotatable bonds is 8. The average molecular weight is 513 g/mol. The molecule has 0 radical (unpaired) electrons. The lowest BCUT2D eigenvalue weighted by molar-refractivity contribution is 0.171. The highest BCUT2D eigenvalue weighted by Gasteiger charge is 2.34. The molecule has 38 heavy (non-hydrogen) atoms. The second-order valence-electron chi connectivity index (χ2n) is 10.5. The van der Waals surface area contributed by atoms with E-state index in [1.807, 2.05) is 82.3 Å². The fraction of sp³-hybridized carbons (Fsp3) is 0.310. The van der Waals surface area contributed by atoms with Gasteiger partial charge in [-0.2, -0.15) is 0 Å². The van der Waals surface area contributed by atoms with Gasteiger partial charge >= 0.3 is 0 Å². The van der Waals surface area contributed by atoms with Gasteiger partial charge in [-0.25, -0.2) is 4.68 Å². The van der Waals surface area contributed by atoms with Crippen LogP contribution < -0.4 is 10.3 Å². The summed E-state index contributed by atoms with van der Waals surface area (Å²) < 4.78 is 12.9. The minimum Gasteiger partial charge on any atom is -0.497 e. The number of aryl methyl sites for hydroxylation is 1. The highest BCUT2D eigenvalue weighted by Crippen LogP contribution is 2.32. The van der Waals surface area contributed by atoms with Crippen molar-refractivity contribution in [2.45, 2.75) is 52.4 Å². The van der Waals surface area contributed by atoms with Crippen LogP contribution in [0.2, 0.25) is 0 Å². The molecular formula is C29H32N6O3. The molecule has 0 unspecified atom stereocenters. The molecule has 0 aliphatic carbocycles. The number of benzene rings is 2. The number of furan rings is 1. The molecular weight excluding hydrogens is 480 g/mol. The maximum atomic E-state index is 13.7. The minimum absolute atomic E-state index is 0.186. The molecule has 0 saturated heterocycles. The predicted octanol–water partition coefficient (Wildman–Crippen LogP) is 4.97. The molecule has 9 nitrogen and oxygen atoms in total. The van der Waals surface area contributed by atoms with Gasteiger partial charge in [0.15, 0.2) is 5.82 Å². The van der Waals surface area contributed by atoms with E-state index in [2.05, 4.69) is 31.5 Å². The standard InChI is InChI=1S/C29H32N6O3/c1-19-8-13-25-21(15-19)16-24(28(36)30-25)26(27-31-32-33-35(27)29(2,3)4)34(18-23-7-6-14-38-23)17-20-9-11-22(37-5)12-10-20/h6-16,26H,17-18H2,1-5H3,(H,30,36)/t26-/m0/s1. The predicted molar refractivity (Wildman–Crippen MR) is 145 cm³/mol. The molecule has 0 aliphatic rings. The first-order valence-electron chi connectivity index (χ1n) is 12.5. The van der Waals surface area contributed by atoms with Crippen molar-refractivity contribution in [1.29, 1.82) is 0 Å². The van der Waals surface area contributed by atoms with Crippen LogP contribution >= 0.6 is 0 Å². The van der Waals surface area contributed by atoms with Crippen molar-refractivity contribution in [1.82, 2.24) is 30.1 Å². The Morgan fingerprint density at radius 2 is 1.87 bits per heavy atom. The molecule has 0 amide bonds. The Balaban J connectivity index is 1.71. The molecule has 3 aromatic heterocycles. The highest BCUT2D eigenvalue weighted by atomic mass is 16.5. The van der Waals surface area contributed by atoms with Gasteiger partial charge in [0, 0.05) is 17.6 Å². The number of H-pyrrole nitrogens is 1. The Hall–Kier alpha value is -4.24. The lowest BCUT2D eigenvalue weighted by Gasteiger charge is -2.32. The van der Waals surface area contributed by atoms with Crippen molar-refractivity contribution in [2.75, 3.05) is 7.11 Å². The molecule has 0 fully saturated rings. The van der Waals surface area contributed by atoms with Gasteiger partial charge in [-0.1, -0.05) is 23.8 Å². The fourth-order valence-electron chi connectivity index (χ4n) is 4.69. The molecule has 0 saturated carbocycles. The zero-order valence-corrected chi connectivity index (χ0v) is 22.3. The summed E-state index contributed by atoms with van der Waals surface area (Å²) in [5.74, 6) is 2.13. The first kappa shape index (κ1) is 25.4. The third kappa shape index (κ3) is 5.24. The zero-order valence-electron chi connectivity index (χ0n) is 22.3. The molecule has 3 heterocycles. The summed E-state index contributed by atoms with van der Waals surface area (Å²) in [6, 6.07) is 19.1. The smallest absolute Gasteiger partial charge is 0.253 e. The van der Waals surface area contributed by atoms with Crippen LogP contribution in [0.3, 0.4) is 0 Å². The van der Waals surface area contributed by atoms with Crippen LogP contribution in [-0.2, 0) is 18.6 Å². The van der Waals surface area contributed by atoms with E-state index in [0.717, 1.165) is 33.5 Å². The molecule has 196 valence electrons. The van der Waals surface area contributed by atoms with Crippen LogP contribution in [0.5, 0.6) is 5.75 Å². The molecule has 9 heteroatoms. The maximum Gasteiger partial charge on any atom is 0.253 e. The van der Waals surface area contributed by atoms with Gasteiger partial charge in [-0.05, 0) is 91.5 Å². The number of hydrogen-bond donors (Lipinski definition) is 1. The third-order valence-electron chi connectivity index (χ3n) is 6.55. The summed E-state index contributed by atoms with van der Waals surface area (Å²) in [6.07, 6.45) is 1.65. The van der Waals surface area contributed by atoms with E-state index in [0.29, 0.717) is 24.5 Å². The Morgan fingerprint density at radius 1 is 1.08 bits per heavy atom. The van der Waals surface area contributed by atoms with E-state index in [1.54, 1.807) is 18.1 Å². The Bertz CT molecular complexity index is 1580. The summed E-state index contributed by atoms with van der Waals surface area (Å²) >= 11 is 0. The van der Waals surface area contributed by atoms with Crippen LogP contribution in [0.1, 0.15) is 55.1 Å². The molecule has 2 aromatic carbocycles. The summed E-state index contributed by atoms with van der Waals surface area (Å²) in [4.78, 5) is 18.9. The number of fused-ring (bicyclic) bond motifs is 1. The van der Waals surface area contributed by atoms with E-state index < -0.39 is 11.6 Å². The molecule has 0 bridgehead atoms. The van der Waals surface area contributed by atoms with Gasteiger partial charge < -0.3 is 14.1 Å². The van der Waals surface area contributed by atoms with E-state index in [9.17, 15) is 4.79 Å². The topological polar surface area (TPSA) is 102 Å². The highest BCUT2D eigenvalue weighted by molar-refractivity contribution is 5.79. The largest absolute Gasteiger partial charge is 0.497 e. The van der Waals surface area contributed by atoms with Gasteiger partial charge in [0.1, 0.15) is 17.6 Å². The van der Waals surface area contributed by atoms with Crippen LogP contribution in [0.25, 0.3) is 10.9 Å². The summed E-state index contributed by atoms with van der Waals surface area (Å²) in [5, 5.41) is 13.8. The van der Waals surface area contributed by atoms with Crippen LogP contribution in [0.4, 0.5) is 0 Å². The van der Waals surface area contributed by atoms with E-state index in [1.165, 1.54) is 0 Å². The summed E-state index contributed by atoms with van der Waals surface area (Å²) in [6.45, 7) is 9.10. The van der Waals surface area contributed by atoms with Crippen molar-refractivity contribution in [3.05, 3.63) is 106 Å². The minimum atomic E-state index is -0.565. The van der Waals surface area contributed by atoms with Crippen molar-refractivity contribution in [2.24, 2.45) is 0 Å². The normalized spacial score (nSPS) is 12.8. The average Bonchev–Trinajstić information content (AvgIpc) is 3.58. The van der Waals surface area contributed by atoms with Crippen LogP contribution in [-0.4, -0.2) is 37.2 Å². The van der Waals surface area contributed by atoms with Crippen molar-refractivity contribution < 1.29 is 9.15 Å². The molecule has 1 N–H and O–H groups in total. The summed E-state index contributed by atoms with van der Waals surface area (Å²) in [7, 11) is 1.65. The third-order valence-corrected chi connectivity index (χ3v) is 6.55. The Morgan fingerprint density at radius 3 is 2.55 bits per heavy atom. The Labute approximate surface area is 221 Å². The first-order valence-corrected chi connectivity index (χ1v) is 12.5. The van der Waals surface area contributed by atoms with Gasteiger partial charge in [-0.15, -0.1) is 5.10 Å². The maximum absolute atomic E-state index is 13.7.